The van der Waals surface area contributed by atoms with E-state index in [-0.39, 0.29) is 5.91 Å². The summed E-state index contributed by atoms with van der Waals surface area (Å²) >= 11 is 0. The molecule has 0 bridgehead atoms. The molecule has 0 saturated carbocycles. The second kappa shape index (κ2) is 7.26. The van der Waals surface area contributed by atoms with Crippen LogP contribution in [0.2, 0.25) is 0 Å². The highest BCUT2D eigenvalue weighted by atomic mass is 16.5. The molecule has 104 valence electrons. The van der Waals surface area contributed by atoms with Crippen LogP contribution in [0.5, 0.6) is 0 Å². The summed E-state index contributed by atoms with van der Waals surface area (Å²) in [4.78, 5) is 11.4. The van der Waals surface area contributed by atoms with Crippen molar-refractivity contribution in [2.75, 3.05) is 26.8 Å². The molecule has 1 aliphatic heterocycles. The number of hydrogen-bond acceptors (Lipinski definition) is 3. The fourth-order valence-electron chi connectivity index (χ4n) is 2.31. The van der Waals surface area contributed by atoms with Crippen LogP contribution in [0.1, 0.15) is 28.8 Å². The van der Waals surface area contributed by atoms with E-state index in [1.54, 1.807) is 7.05 Å². The Hall–Kier alpha value is -1.39. The lowest BCUT2D eigenvalue weighted by atomic mass is 10.0. The molecule has 1 aromatic rings. The summed E-state index contributed by atoms with van der Waals surface area (Å²) in [7, 11) is 1.64. The fourth-order valence-corrected chi connectivity index (χ4v) is 2.31. The molecule has 1 aromatic carbocycles. The molecule has 0 spiro atoms. The summed E-state index contributed by atoms with van der Waals surface area (Å²) in [5.74, 6) is 0.595. The molecule has 1 amide bonds. The summed E-state index contributed by atoms with van der Waals surface area (Å²) < 4.78 is 5.45. The van der Waals surface area contributed by atoms with E-state index in [4.69, 9.17) is 4.74 Å². The van der Waals surface area contributed by atoms with Crippen LogP contribution in [-0.2, 0) is 11.3 Å². The standard InChI is InChI=1S/C15H22N2O2/c1-16-15(18)14-6-4-12(5-7-14)9-17-10-13-3-2-8-19-11-13/h4-7,13,17H,2-3,8-11H2,1H3,(H,16,18). The quantitative estimate of drug-likeness (QED) is 0.846. The minimum atomic E-state index is -0.0427. The minimum absolute atomic E-state index is 0.0427. The number of rotatable bonds is 5. The Morgan fingerprint density at radius 3 is 2.79 bits per heavy atom. The van der Waals surface area contributed by atoms with Crippen LogP contribution in [0.15, 0.2) is 24.3 Å². The number of benzene rings is 1. The predicted octanol–water partition coefficient (Wildman–Crippen LogP) is 1.56. The van der Waals surface area contributed by atoms with Crippen molar-refractivity contribution in [3.8, 4) is 0 Å². The van der Waals surface area contributed by atoms with Crippen molar-refractivity contribution >= 4 is 5.91 Å². The zero-order valence-electron chi connectivity index (χ0n) is 11.4. The Labute approximate surface area is 114 Å². The van der Waals surface area contributed by atoms with E-state index in [2.05, 4.69) is 10.6 Å². The van der Waals surface area contributed by atoms with Crippen molar-refractivity contribution < 1.29 is 9.53 Å². The molecule has 0 aromatic heterocycles. The van der Waals surface area contributed by atoms with Gasteiger partial charge in [0.2, 0.25) is 0 Å². The number of nitrogens with one attached hydrogen (secondary N) is 2. The molecule has 1 saturated heterocycles. The Balaban J connectivity index is 1.75. The van der Waals surface area contributed by atoms with Crippen molar-refractivity contribution in [3.63, 3.8) is 0 Å². The Morgan fingerprint density at radius 2 is 2.16 bits per heavy atom. The molecule has 2 rings (SSSR count). The number of amides is 1. The van der Waals surface area contributed by atoms with Crippen LogP contribution >= 0.6 is 0 Å². The minimum Gasteiger partial charge on any atom is -0.381 e. The highest BCUT2D eigenvalue weighted by Crippen LogP contribution is 2.12. The maximum absolute atomic E-state index is 11.4. The average Bonchev–Trinajstić information content (AvgIpc) is 2.48. The molecule has 0 radical (unpaired) electrons. The van der Waals surface area contributed by atoms with Gasteiger partial charge in [-0.2, -0.15) is 0 Å². The van der Waals surface area contributed by atoms with E-state index >= 15 is 0 Å². The molecule has 1 fully saturated rings. The van der Waals surface area contributed by atoms with Crippen molar-refractivity contribution in [3.05, 3.63) is 35.4 Å². The lowest BCUT2D eigenvalue weighted by Crippen LogP contribution is -2.28. The van der Waals surface area contributed by atoms with Crippen molar-refractivity contribution in [1.29, 1.82) is 0 Å². The van der Waals surface area contributed by atoms with Gasteiger partial charge >= 0.3 is 0 Å². The van der Waals surface area contributed by atoms with Gasteiger partial charge in [-0.3, -0.25) is 4.79 Å². The molecule has 1 unspecified atom stereocenters. The highest BCUT2D eigenvalue weighted by molar-refractivity contribution is 5.93. The van der Waals surface area contributed by atoms with E-state index in [0.717, 1.165) is 26.3 Å². The van der Waals surface area contributed by atoms with Gasteiger partial charge in [0.15, 0.2) is 0 Å². The SMILES string of the molecule is CNC(=O)c1ccc(CNCC2CCCOC2)cc1. The molecule has 1 atom stereocenters. The summed E-state index contributed by atoms with van der Waals surface area (Å²) in [6, 6.07) is 7.71. The third-order valence-electron chi connectivity index (χ3n) is 3.46. The van der Waals surface area contributed by atoms with E-state index in [1.165, 1.54) is 18.4 Å². The molecule has 1 heterocycles. The molecule has 2 N–H and O–H groups in total. The second-order valence-electron chi connectivity index (χ2n) is 4.99. The number of hydrogen-bond donors (Lipinski definition) is 2. The average molecular weight is 262 g/mol. The molecule has 19 heavy (non-hydrogen) atoms. The van der Waals surface area contributed by atoms with E-state index < -0.39 is 0 Å². The van der Waals surface area contributed by atoms with Crippen LogP contribution in [-0.4, -0.2) is 32.7 Å². The summed E-state index contributed by atoms with van der Waals surface area (Å²) in [5.41, 5.74) is 1.90. The van der Waals surface area contributed by atoms with Gasteiger partial charge in [0.1, 0.15) is 0 Å². The number of carbonyl (C=O) groups excluding carboxylic acids is 1. The maximum atomic E-state index is 11.4. The molecule has 1 aliphatic rings. The van der Waals surface area contributed by atoms with Crippen molar-refractivity contribution in [2.24, 2.45) is 5.92 Å². The molecule has 4 nitrogen and oxygen atoms in total. The predicted molar refractivity (Wildman–Crippen MR) is 75.1 cm³/mol. The normalized spacial score (nSPS) is 19.1. The Morgan fingerprint density at radius 1 is 1.37 bits per heavy atom. The van der Waals surface area contributed by atoms with Crippen LogP contribution < -0.4 is 10.6 Å². The summed E-state index contributed by atoms with van der Waals surface area (Å²) in [6.45, 7) is 3.63. The van der Waals surface area contributed by atoms with Crippen LogP contribution in [0.25, 0.3) is 0 Å². The topological polar surface area (TPSA) is 50.4 Å². The second-order valence-corrected chi connectivity index (χ2v) is 4.99. The molecule has 0 aliphatic carbocycles. The van der Waals surface area contributed by atoms with Crippen molar-refractivity contribution in [1.82, 2.24) is 10.6 Å². The van der Waals surface area contributed by atoms with Gasteiger partial charge in [-0.05, 0) is 36.5 Å². The summed E-state index contributed by atoms with van der Waals surface area (Å²) in [6.07, 6.45) is 2.43. The van der Waals surface area contributed by atoms with E-state index in [9.17, 15) is 4.79 Å². The lowest BCUT2D eigenvalue weighted by Gasteiger charge is -2.22. The third-order valence-corrected chi connectivity index (χ3v) is 3.46. The van der Waals surface area contributed by atoms with E-state index in [0.29, 0.717) is 11.5 Å². The Bertz CT molecular complexity index is 397. The fraction of sp³-hybridized carbons (Fsp3) is 0.533. The number of ether oxygens (including phenoxy) is 1. The zero-order chi connectivity index (χ0) is 13.5. The van der Waals surface area contributed by atoms with Gasteiger partial charge in [0.25, 0.3) is 5.91 Å². The number of carbonyl (C=O) groups is 1. The smallest absolute Gasteiger partial charge is 0.251 e. The zero-order valence-corrected chi connectivity index (χ0v) is 11.4. The van der Waals surface area contributed by atoms with Crippen LogP contribution in [0, 0.1) is 5.92 Å². The van der Waals surface area contributed by atoms with Gasteiger partial charge in [-0.15, -0.1) is 0 Å². The van der Waals surface area contributed by atoms with Gasteiger partial charge in [-0.1, -0.05) is 12.1 Å². The summed E-state index contributed by atoms with van der Waals surface area (Å²) in [5, 5.41) is 6.07. The monoisotopic (exact) mass is 262 g/mol. The third kappa shape index (κ3) is 4.33. The lowest BCUT2D eigenvalue weighted by molar-refractivity contribution is 0.0547. The van der Waals surface area contributed by atoms with Crippen LogP contribution in [0.3, 0.4) is 0 Å². The van der Waals surface area contributed by atoms with Crippen LogP contribution in [0.4, 0.5) is 0 Å². The first kappa shape index (κ1) is 14.0. The van der Waals surface area contributed by atoms with Gasteiger partial charge in [0, 0.05) is 32.3 Å². The van der Waals surface area contributed by atoms with Gasteiger partial charge in [0.05, 0.1) is 6.61 Å². The van der Waals surface area contributed by atoms with Gasteiger partial charge in [-0.25, -0.2) is 0 Å². The first-order chi connectivity index (χ1) is 9.29. The highest BCUT2D eigenvalue weighted by Gasteiger charge is 2.12. The first-order valence-electron chi connectivity index (χ1n) is 6.89. The van der Waals surface area contributed by atoms with Gasteiger partial charge < -0.3 is 15.4 Å². The Kier molecular flexibility index (Phi) is 5.36. The maximum Gasteiger partial charge on any atom is 0.251 e. The molecule has 4 heteroatoms. The largest absolute Gasteiger partial charge is 0.381 e. The van der Waals surface area contributed by atoms with E-state index in [1.807, 2.05) is 24.3 Å². The first-order valence-corrected chi connectivity index (χ1v) is 6.89. The van der Waals surface area contributed by atoms with Crippen molar-refractivity contribution in [2.45, 2.75) is 19.4 Å². The molecular weight excluding hydrogens is 240 g/mol. The molecular formula is C15H22N2O2.